The van der Waals surface area contributed by atoms with Crippen LogP contribution in [-0.4, -0.2) is 45.2 Å². The third kappa shape index (κ3) is 4.55. The van der Waals surface area contributed by atoms with Gasteiger partial charge in [-0.05, 0) is 64.3 Å². The first-order valence-electron chi connectivity index (χ1n) is 9.46. The van der Waals surface area contributed by atoms with Crippen LogP contribution in [0.15, 0.2) is 48.5 Å². The quantitative estimate of drug-likeness (QED) is 0.378. The Morgan fingerprint density at radius 1 is 1.11 bits per heavy atom. The number of ether oxygens (including phenoxy) is 1. The minimum atomic E-state index is -0.937. The predicted molar refractivity (Wildman–Crippen MR) is 116 cm³/mol. The molecular formula is C22H24INO4. The Balaban J connectivity index is 1.75. The number of carbonyl (C=O) groups is 2. The summed E-state index contributed by atoms with van der Waals surface area (Å²) >= 11 is 1.92. The van der Waals surface area contributed by atoms with Crippen LogP contribution in [0.25, 0.3) is 11.1 Å². The fourth-order valence-corrected chi connectivity index (χ4v) is 3.86. The number of aliphatic hydroxyl groups is 1. The highest BCUT2D eigenvalue weighted by Gasteiger charge is 2.42. The molecule has 0 saturated carbocycles. The van der Waals surface area contributed by atoms with Gasteiger partial charge >= 0.3 is 5.97 Å². The summed E-state index contributed by atoms with van der Waals surface area (Å²) in [6, 6.07) is 14.9. The molecule has 6 heteroatoms. The third-order valence-electron chi connectivity index (χ3n) is 5.02. The van der Waals surface area contributed by atoms with E-state index in [1.165, 1.54) is 10.5 Å². The first-order chi connectivity index (χ1) is 13.5. The molecule has 0 aliphatic carbocycles. The maximum absolute atomic E-state index is 12.9. The molecule has 0 radical (unpaired) electrons. The Morgan fingerprint density at radius 3 is 2.29 bits per heavy atom. The molecule has 1 saturated heterocycles. The standard InChI is InChI=1S/C22H24INO4/c1-2-3-15-4-6-16(7-5-15)17-8-10-18(11-9-17)21(26)24-13-12-19(25)20(24)22(27)28-14-23/h4-11,19-20,25H,2-3,12-14H2,1H3/t19-,20+/m1/s1. The molecule has 2 aromatic carbocycles. The number of halogens is 1. The van der Waals surface area contributed by atoms with Crippen LogP contribution in [0.2, 0.25) is 0 Å². The minimum absolute atomic E-state index is 0.188. The monoisotopic (exact) mass is 493 g/mol. The third-order valence-corrected chi connectivity index (χ3v) is 5.33. The fraction of sp³-hybridized carbons (Fsp3) is 0.364. The van der Waals surface area contributed by atoms with Crippen molar-refractivity contribution in [2.24, 2.45) is 0 Å². The van der Waals surface area contributed by atoms with Gasteiger partial charge in [-0.2, -0.15) is 0 Å². The van der Waals surface area contributed by atoms with E-state index >= 15 is 0 Å². The van der Waals surface area contributed by atoms with Crippen LogP contribution < -0.4 is 0 Å². The second kappa shape index (κ2) is 9.52. The van der Waals surface area contributed by atoms with Gasteiger partial charge in [0.2, 0.25) is 0 Å². The molecule has 0 spiro atoms. The molecule has 2 aromatic rings. The van der Waals surface area contributed by atoms with Gasteiger partial charge in [-0.3, -0.25) is 4.79 Å². The van der Waals surface area contributed by atoms with E-state index in [4.69, 9.17) is 4.74 Å². The van der Waals surface area contributed by atoms with Crippen LogP contribution in [0.3, 0.4) is 0 Å². The van der Waals surface area contributed by atoms with Crippen LogP contribution in [0, 0.1) is 0 Å². The first kappa shape index (κ1) is 20.8. The predicted octanol–water partition coefficient (Wildman–Crippen LogP) is 3.82. The number of benzene rings is 2. The number of amides is 1. The Morgan fingerprint density at radius 2 is 1.71 bits per heavy atom. The highest BCUT2D eigenvalue weighted by atomic mass is 127. The fourth-order valence-electron chi connectivity index (χ4n) is 3.55. The molecule has 1 aliphatic heterocycles. The summed E-state index contributed by atoms with van der Waals surface area (Å²) in [5.74, 6) is -0.826. The van der Waals surface area contributed by atoms with Crippen molar-refractivity contribution in [2.45, 2.75) is 38.3 Å². The summed E-state index contributed by atoms with van der Waals surface area (Å²) in [5.41, 5.74) is 3.93. The van der Waals surface area contributed by atoms with Crippen molar-refractivity contribution >= 4 is 34.5 Å². The lowest BCUT2D eigenvalue weighted by molar-refractivity contribution is -0.148. The van der Waals surface area contributed by atoms with Crippen molar-refractivity contribution < 1.29 is 19.4 Å². The van der Waals surface area contributed by atoms with E-state index in [0.29, 0.717) is 18.5 Å². The zero-order chi connectivity index (χ0) is 20.1. The maximum Gasteiger partial charge on any atom is 0.332 e. The van der Waals surface area contributed by atoms with Crippen molar-refractivity contribution in [1.29, 1.82) is 0 Å². The molecule has 1 heterocycles. The SMILES string of the molecule is CCCc1ccc(-c2ccc(C(=O)N3CC[C@@H](O)[C@H]3C(=O)OCI)cc2)cc1. The molecular weight excluding hydrogens is 469 g/mol. The summed E-state index contributed by atoms with van der Waals surface area (Å²) < 4.78 is 5.20. The van der Waals surface area contributed by atoms with Gasteiger partial charge in [0.05, 0.1) is 6.10 Å². The summed E-state index contributed by atoms with van der Waals surface area (Å²) in [4.78, 5) is 26.4. The lowest BCUT2D eigenvalue weighted by Crippen LogP contribution is -2.45. The van der Waals surface area contributed by atoms with Crippen LogP contribution in [0.5, 0.6) is 0 Å². The Bertz CT molecular complexity index is 819. The van der Waals surface area contributed by atoms with E-state index in [-0.39, 0.29) is 10.5 Å². The normalized spacial score (nSPS) is 18.9. The molecule has 5 nitrogen and oxygen atoms in total. The summed E-state index contributed by atoms with van der Waals surface area (Å²) in [6.45, 7) is 2.50. The molecule has 2 atom stereocenters. The molecule has 148 valence electrons. The number of alkyl halides is 1. The highest BCUT2D eigenvalue weighted by Crippen LogP contribution is 2.25. The van der Waals surface area contributed by atoms with E-state index in [1.807, 2.05) is 34.7 Å². The second-order valence-electron chi connectivity index (χ2n) is 6.90. The average molecular weight is 493 g/mol. The van der Waals surface area contributed by atoms with Crippen molar-refractivity contribution in [3.8, 4) is 11.1 Å². The van der Waals surface area contributed by atoms with Crippen LogP contribution >= 0.6 is 22.6 Å². The zero-order valence-electron chi connectivity index (χ0n) is 15.8. The van der Waals surface area contributed by atoms with E-state index in [2.05, 4.69) is 31.2 Å². The number of rotatable bonds is 6. The van der Waals surface area contributed by atoms with Crippen molar-refractivity contribution in [3.05, 3.63) is 59.7 Å². The molecule has 28 heavy (non-hydrogen) atoms. The molecule has 1 aliphatic rings. The second-order valence-corrected chi connectivity index (χ2v) is 7.52. The van der Waals surface area contributed by atoms with Gasteiger partial charge < -0.3 is 14.7 Å². The topological polar surface area (TPSA) is 66.8 Å². The number of esters is 1. The smallest absolute Gasteiger partial charge is 0.332 e. The van der Waals surface area contributed by atoms with Gasteiger partial charge in [-0.25, -0.2) is 4.79 Å². The number of aryl methyl sites for hydroxylation is 1. The molecule has 1 amide bonds. The number of nitrogens with zero attached hydrogens (tertiary/aromatic N) is 1. The van der Waals surface area contributed by atoms with Gasteiger partial charge in [0.25, 0.3) is 5.91 Å². The number of hydrogen-bond acceptors (Lipinski definition) is 4. The minimum Gasteiger partial charge on any atom is -0.453 e. The van der Waals surface area contributed by atoms with Gasteiger partial charge in [-0.15, -0.1) is 0 Å². The summed E-state index contributed by atoms with van der Waals surface area (Å²) in [6.07, 6.45) is 1.67. The highest BCUT2D eigenvalue weighted by molar-refractivity contribution is 14.1. The molecule has 0 unspecified atom stereocenters. The van der Waals surface area contributed by atoms with Gasteiger partial charge in [0.15, 0.2) is 6.04 Å². The van der Waals surface area contributed by atoms with E-state index < -0.39 is 18.1 Å². The number of hydrogen-bond donors (Lipinski definition) is 1. The van der Waals surface area contributed by atoms with Crippen molar-refractivity contribution in [3.63, 3.8) is 0 Å². The number of likely N-dealkylation sites (tertiary alicyclic amines) is 1. The van der Waals surface area contributed by atoms with Crippen LogP contribution in [0.4, 0.5) is 0 Å². The lowest BCUT2D eigenvalue weighted by Gasteiger charge is -2.24. The summed E-state index contributed by atoms with van der Waals surface area (Å²) in [5, 5.41) is 10.1. The lowest BCUT2D eigenvalue weighted by atomic mass is 10.0. The average Bonchev–Trinajstić information content (AvgIpc) is 3.10. The van der Waals surface area contributed by atoms with Crippen molar-refractivity contribution in [1.82, 2.24) is 4.90 Å². The molecule has 1 fully saturated rings. The van der Waals surface area contributed by atoms with Crippen LogP contribution in [-0.2, 0) is 16.0 Å². The molecule has 0 bridgehead atoms. The number of aliphatic hydroxyl groups excluding tert-OH is 1. The summed E-state index contributed by atoms with van der Waals surface area (Å²) in [7, 11) is 0. The Hall–Kier alpha value is -1.93. The first-order valence-corrected chi connectivity index (χ1v) is 11.0. The van der Waals surface area contributed by atoms with Crippen molar-refractivity contribution in [2.75, 3.05) is 11.2 Å². The largest absolute Gasteiger partial charge is 0.453 e. The van der Waals surface area contributed by atoms with E-state index in [0.717, 1.165) is 24.0 Å². The van der Waals surface area contributed by atoms with E-state index in [1.54, 1.807) is 12.1 Å². The van der Waals surface area contributed by atoms with Gasteiger partial charge in [0.1, 0.15) is 4.61 Å². The molecule has 0 aromatic heterocycles. The molecule has 3 rings (SSSR count). The Labute approximate surface area is 178 Å². The zero-order valence-corrected chi connectivity index (χ0v) is 18.0. The van der Waals surface area contributed by atoms with Crippen LogP contribution in [0.1, 0.15) is 35.7 Å². The van der Waals surface area contributed by atoms with Gasteiger partial charge in [-0.1, -0.05) is 49.7 Å². The maximum atomic E-state index is 12.9. The van der Waals surface area contributed by atoms with Gasteiger partial charge in [0, 0.05) is 12.1 Å². The Kier molecular flexibility index (Phi) is 7.07. The number of carbonyl (C=O) groups excluding carboxylic acids is 2. The van der Waals surface area contributed by atoms with E-state index in [9.17, 15) is 14.7 Å². The molecule has 1 N–H and O–H groups in total.